The summed E-state index contributed by atoms with van der Waals surface area (Å²) < 4.78 is 0. The monoisotopic (exact) mass is 232 g/mol. The third kappa shape index (κ3) is 3.07. The van der Waals surface area contributed by atoms with Crippen LogP contribution >= 0.6 is 11.3 Å². The van der Waals surface area contributed by atoms with Gasteiger partial charge in [-0.05, 0) is 31.5 Å². The van der Waals surface area contributed by atoms with Crippen molar-refractivity contribution < 1.29 is 0 Å². The van der Waals surface area contributed by atoms with Crippen LogP contribution in [-0.2, 0) is 6.42 Å². The van der Waals surface area contributed by atoms with Crippen LogP contribution in [0.1, 0.15) is 16.3 Å². The molecule has 2 aromatic rings. The maximum absolute atomic E-state index is 4.44. The van der Waals surface area contributed by atoms with Crippen LogP contribution in [-0.4, -0.2) is 11.5 Å². The van der Waals surface area contributed by atoms with Gasteiger partial charge in [-0.25, -0.2) is 4.98 Å². The first-order valence-corrected chi connectivity index (χ1v) is 6.33. The molecule has 1 aromatic heterocycles. The second-order valence-corrected chi connectivity index (χ2v) is 4.87. The van der Waals surface area contributed by atoms with Gasteiger partial charge in [-0.1, -0.05) is 12.1 Å². The van der Waals surface area contributed by atoms with E-state index in [0.717, 1.165) is 18.7 Å². The Hall–Kier alpha value is -1.35. The Balaban J connectivity index is 1.84. The lowest BCUT2D eigenvalue weighted by atomic mass is 10.2. The number of nitrogens with zero attached hydrogens (tertiary/aromatic N) is 1. The minimum Gasteiger partial charge on any atom is -0.385 e. The highest BCUT2D eigenvalue weighted by molar-refractivity contribution is 7.09. The number of aryl methyl sites for hydroxylation is 2. The Morgan fingerprint density at radius 3 is 2.88 bits per heavy atom. The molecule has 1 N–H and O–H groups in total. The summed E-state index contributed by atoms with van der Waals surface area (Å²) in [5.41, 5.74) is 3.60. The SMILES string of the molecule is Cc1cccc(NCCc2nc(C)cs2)c1. The largest absolute Gasteiger partial charge is 0.385 e. The molecular formula is C13H16N2S. The van der Waals surface area contributed by atoms with Gasteiger partial charge in [0.25, 0.3) is 0 Å². The fourth-order valence-electron chi connectivity index (χ4n) is 1.59. The number of anilines is 1. The maximum atomic E-state index is 4.44. The molecule has 1 aromatic carbocycles. The summed E-state index contributed by atoms with van der Waals surface area (Å²) in [5.74, 6) is 0. The van der Waals surface area contributed by atoms with Crippen molar-refractivity contribution >= 4 is 17.0 Å². The van der Waals surface area contributed by atoms with Crippen molar-refractivity contribution in [3.05, 3.63) is 45.9 Å². The minimum absolute atomic E-state index is 0.941. The first-order chi connectivity index (χ1) is 7.74. The van der Waals surface area contributed by atoms with Gasteiger partial charge in [0, 0.05) is 29.7 Å². The van der Waals surface area contributed by atoms with Gasteiger partial charge in [0.2, 0.25) is 0 Å². The lowest BCUT2D eigenvalue weighted by Crippen LogP contribution is -2.04. The molecule has 16 heavy (non-hydrogen) atoms. The maximum Gasteiger partial charge on any atom is 0.0945 e. The van der Waals surface area contributed by atoms with E-state index in [0.29, 0.717) is 0 Å². The summed E-state index contributed by atoms with van der Waals surface area (Å²) in [6, 6.07) is 8.44. The zero-order valence-electron chi connectivity index (χ0n) is 9.66. The minimum atomic E-state index is 0.941. The Bertz CT molecular complexity index is 462. The zero-order chi connectivity index (χ0) is 11.4. The smallest absolute Gasteiger partial charge is 0.0945 e. The van der Waals surface area contributed by atoms with Gasteiger partial charge < -0.3 is 5.32 Å². The summed E-state index contributed by atoms with van der Waals surface area (Å²) in [6.45, 7) is 5.08. The van der Waals surface area contributed by atoms with Crippen LogP contribution in [0.15, 0.2) is 29.6 Å². The van der Waals surface area contributed by atoms with E-state index in [9.17, 15) is 0 Å². The second-order valence-electron chi connectivity index (χ2n) is 3.93. The molecule has 0 amide bonds. The zero-order valence-corrected chi connectivity index (χ0v) is 10.5. The van der Waals surface area contributed by atoms with E-state index >= 15 is 0 Å². The van der Waals surface area contributed by atoms with E-state index in [2.05, 4.69) is 46.9 Å². The Labute approximate surface area is 100 Å². The fraction of sp³-hybridized carbons (Fsp3) is 0.308. The third-order valence-corrected chi connectivity index (χ3v) is 3.38. The standard InChI is InChI=1S/C13H16N2S/c1-10-4-3-5-12(8-10)14-7-6-13-15-11(2)9-16-13/h3-5,8-9,14H,6-7H2,1-2H3. The van der Waals surface area contributed by atoms with Crippen LogP contribution in [0.5, 0.6) is 0 Å². The molecular weight excluding hydrogens is 216 g/mol. The first kappa shape index (κ1) is 11.1. The summed E-state index contributed by atoms with van der Waals surface area (Å²) in [6.07, 6.45) is 0.993. The molecule has 0 fully saturated rings. The topological polar surface area (TPSA) is 24.9 Å². The predicted molar refractivity (Wildman–Crippen MR) is 70.2 cm³/mol. The molecule has 0 aliphatic rings. The van der Waals surface area contributed by atoms with E-state index < -0.39 is 0 Å². The number of rotatable bonds is 4. The van der Waals surface area contributed by atoms with E-state index in [4.69, 9.17) is 0 Å². The van der Waals surface area contributed by atoms with Crippen molar-refractivity contribution in [3.63, 3.8) is 0 Å². The molecule has 1 heterocycles. The number of hydrogen-bond acceptors (Lipinski definition) is 3. The quantitative estimate of drug-likeness (QED) is 0.873. The summed E-state index contributed by atoms with van der Waals surface area (Å²) >= 11 is 1.74. The highest BCUT2D eigenvalue weighted by Gasteiger charge is 1.98. The molecule has 2 rings (SSSR count). The predicted octanol–water partition coefficient (Wildman–Crippen LogP) is 3.41. The van der Waals surface area contributed by atoms with Crippen molar-refractivity contribution in [2.24, 2.45) is 0 Å². The van der Waals surface area contributed by atoms with Crippen LogP contribution in [0, 0.1) is 13.8 Å². The number of benzene rings is 1. The highest BCUT2D eigenvalue weighted by atomic mass is 32.1. The summed E-state index contributed by atoms with van der Waals surface area (Å²) in [4.78, 5) is 4.44. The van der Waals surface area contributed by atoms with Gasteiger partial charge in [0.05, 0.1) is 5.01 Å². The van der Waals surface area contributed by atoms with Gasteiger partial charge in [-0.15, -0.1) is 11.3 Å². The molecule has 0 bridgehead atoms. The Kier molecular flexibility index (Phi) is 3.57. The van der Waals surface area contributed by atoms with Crippen LogP contribution in [0.25, 0.3) is 0 Å². The second kappa shape index (κ2) is 5.12. The fourth-order valence-corrected chi connectivity index (χ4v) is 2.36. The number of nitrogens with one attached hydrogen (secondary N) is 1. The van der Waals surface area contributed by atoms with Crippen molar-refractivity contribution in [1.82, 2.24) is 4.98 Å². The van der Waals surface area contributed by atoms with Crippen molar-refractivity contribution in [2.45, 2.75) is 20.3 Å². The van der Waals surface area contributed by atoms with Crippen molar-refractivity contribution in [1.29, 1.82) is 0 Å². The molecule has 0 atom stereocenters. The van der Waals surface area contributed by atoms with Crippen molar-refractivity contribution in [2.75, 3.05) is 11.9 Å². The van der Waals surface area contributed by atoms with Gasteiger partial charge in [-0.3, -0.25) is 0 Å². The summed E-state index contributed by atoms with van der Waals surface area (Å²) in [5, 5.41) is 6.72. The lowest BCUT2D eigenvalue weighted by molar-refractivity contribution is 0.987. The average Bonchev–Trinajstić information content (AvgIpc) is 2.64. The number of hydrogen-bond donors (Lipinski definition) is 1. The molecule has 0 aliphatic carbocycles. The molecule has 0 spiro atoms. The van der Waals surface area contributed by atoms with Crippen LogP contribution in [0.2, 0.25) is 0 Å². The first-order valence-electron chi connectivity index (χ1n) is 5.45. The van der Waals surface area contributed by atoms with Crippen molar-refractivity contribution in [3.8, 4) is 0 Å². The van der Waals surface area contributed by atoms with Gasteiger partial charge in [0.1, 0.15) is 0 Å². The van der Waals surface area contributed by atoms with Crippen LogP contribution in [0.4, 0.5) is 5.69 Å². The molecule has 0 aliphatic heterocycles. The Morgan fingerprint density at radius 2 is 2.19 bits per heavy atom. The third-order valence-electron chi connectivity index (χ3n) is 2.35. The molecule has 0 saturated carbocycles. The van der Waals surface area contributed by atoms with Gasteiger partial charge in [-0.2, -0.15) is 0 Å². The molecule has 0 radical (unpaired) electrons. The van der Waals surface area contributed by atoms with Gasteiger partial charge >= 0.3 is 0 Å². The van der Waals surface area contributed by atoms with E-state index in [-0.39, 0.29) is 0 Å². The van der Waals surface area contributed by atoms with Gasteiger partial charge in [0.15, 0.2) is 0 Å². The molecule has 0 unspecified atom stereocenters. The van der Waals surface area contributed by atoms with Crippen LogP contribution in [0.3, 0.4) is 0 Å². The average molecular weight is 232 g/mol. The number of thiazole rings is 1. The number of aromatic nitrogens is 1. The van der Waals surface area contributed by atoms with E-state index in [1.54, 1.807) is 11.3 Å². The van der Waals surface area contributed by atoms with Crippen LogP contribution < -0.4 is 5.32 Å². The molecule has 3 heteroatoms. The molecule has 84 valence electrons. The molecule has 0 saturated heterocycles. The van der Waals surface area contributed by atoms with E-state index in [1.807, 2.05) is 6.92 Å². The molecule has 2 nitrogen and oxygen atoms in total. The highest BCUT2D eigenvalue weighted by Crippen LogP contribution is 2.12. The summed E-state index contributed by atoms with van der Waals surface area (Å²) in [7, 11) is 0. The van der Waals surface area contributed by atoms with E-state index in [1.165, 1.54) is 16.3 Å². The lowest BCUT2D eigenvalue weighted by Gasteiger charge is -2.05. The Morgan fingerprint density at radius 1 is 1.31 bits per heavy atom. The normalized spacial score (nSPS) is 10.4.